The zero-order valence-corrected chi connectivity index (χ0v) is 11.6. The summed E-state index contributed by atoms with van der Waals surface area (Å²) in [7, 11) is 0. The van der Waals surface area contributed by atoms with Crippen LogP contribution in [0.25, 0.3) is 0 Å². The van der Waals surface area contributed by atoms with E-state index in [0.717, 1.165) is 5.75 Å². The summed E-state index contributed by atoms with van der Waals surface area (Å²) in [6, 6.07) is 8.22. The summed E-state index contributed by atoms with van der Waals surface area (Å²) < 4.78 is 25.0. The molecule has 1 atom stereocenters. The van der Waals surface area contributed by atoms with Gasteiger partial charge in [0.2, 0.25) is 0 Å². The second-order valence-corrected chi connectivity index (χ2v) is 5.83. The van der Waals surface area contributed by atoms with Crippen molar-refractivity contribution in [1.82, 2.24) is 4.90 Å². The fraction of sp³-hybridized carbons (Fsp3) is 0.538. The van der Waals surface area contributed by atoms with Crippen LogP contribution in [0.5, 0.6) is 0 Å². The van der Waals surface area contributed by atoms with E-state index in [9.17, 15) is 8.78 Å². The summed E-state index contributed by atoms with van der Waals surface area (Å²) in [6.07, 6.45) is -2.29. The Hall–Kier alpha value is -0.320. The quantitative estimate of drug-likeness (QED) is 0.736. The minimum atomic E-state index is -2.29. The van der Waals surface area contributed by atoms with Crippen molar-refractivity contribution in [3.63, 3.8) is 0 Å². The number of thioether (sulfide) groups is 1. The minimum absolute atomic E-state index is 0.184. The lowest BCUT2D eigenvalue weighted by molar-refractivity contribution is 0.0890. The molecule has 0 fully saturated rings. The van der Waals surface area contributed by atoms with Gasteiger partial charge in [-0.2, -0.15) is 0 Å². The number of halogens is 3. The normalized spacial score (nSPS) is 18.6. The van der Waals surface area contributed by atoms with Gasteiger partial charge in [-0.05, 0) is 11.6 Å². The summed E-state index contributed by atoms with van der Waals surface area (Å²) in [5.74, 6) is 1.71. The summed E-state index contributed by atoms with van der Waals surface area (Å²) >= 11 is 7.48. The molecule has 1 aliphatic rings. The Morgan fingerprint density at radius 3 is 2.89 bits per heavy atom. The smallest absolute Gasteiger partial charge is 0.251 e. The molecule has 1 heterocycles. The summed E-state index contributed by atoms with van der Waals surface area (Å²) in [6.45, 7) is 1.01. The van der Waals surface area contributed by atoms with Crippen LogP contribution in [0.1, 0.15) is 11.5 Å². The number of hydrogen-bond donors (Lipinski definition) is 0. The lowest BCUT2D eigenvalue weighted by atomic mass is 10.0. The van der Waals surface area contributed by atoms with Gasteiger partial charge in [-0.1, -0.05) is 18.2 Å². The first-order valence-electron chi connectivity index (χ1n) is 5.99. The Kier molecular flexibility index (Phi) is 5.27. The van der Waals surface area contributed by atoms with Crippen LogP contribution in [0, 0.1) is 0 Å². The lowest BCUT2D eigenvalue weighted by Gasteiger charge is -2.24. The van der Waals surface area contributed by atoms with E-state index in [1.165, 1.54) is 10.5 Å². The van der Waals surface area contributed by atoms with E-state index in [1.54, 1.807) is 4.90 Å². The monoisotopic (exact) mass is 291 g/mol. The van der Waals surface area contributed by atoms with Crippen LogP contribution in [0.15, 0.2) is 29.2 Å². The second-order valence-electron chi connectivity index (χ2n) is 4.39. The van der Waals surface area contributed by atoms with E-state index in [1.807, 2.05) is 23.9 Å². The van der Waals surface area contributed by atoms with E-state index in [4.69, 9.17) is 11.6 Å². The van der Waals surface area contributed by atoms with Crippen LogP contribution < -0.4 is 0 Å². The van der Waals surface area contributed by atoms with Gasteiger partial charge in [0.1, 0.15) is 0 Å². The van der Waals surface area contributed by atoms with Crippen molar-refractivity contribution in [1.29, 1.82) is 0 Å². The molecule has 1 aliphatic heterocycles. The summed E-state index contributed by atoms with van der Waals surface area (Å²) in [4.78, 5) is 3.05. The van der Waals surface area contributed by atoms with Crippen LogP contribution in [0.2, 0.25) is 0 Å². The van der Waals surface area contributed by atoms with Gasteiger partial charge < -0.3 is 0 Å². The zero-order valence-electron chi connectivity index (χ0n) is 9.99. The van der Waals surface area contributed by atoms with Crippen molar-refractivity contribution >= 4 is 23.4 Å². The van der Waals surface area contributed by atoms with Crippen molar-refractivity contribution in [3.8, 4) is 0 Å². The Morgan fingerprint density at radius 2 is 2.17 bits per heavy atom. The van der Waals surface area contributed by atoms with Gasteiger partial charge in [-0.25, -0.2) is 8.78 Å². The van der Waals surface area contributed by atoms with E-state index >= 15 is 0 Å². The van der Waals surface area contributed by atoms with Crippen LogP contribution in [-0.4, -0.2) is 42.6 Å². The highest BCUT2D eigenvalue weighted by atomic mass is 35.5. The van der Waals surface area contributed by atoms with Crippen molar-refractivity contribution in [2.24, 2.45) is 0 Å². The Labute approximate surface area is 115 Å². The molecule has 0 saturated heterocycles. The molecule has 0 N–H and O–H groups in total. The van der Waals surface area contributed by atoms with Gasteiger partial charge in [0.25, 0.3) is 6.43 Å². The topological polar surface area (TPSA) is 3.24 Å². The van der Waals surface area contributed by atoms with Gasteiger partial charge in [-0.15, -0.1) is 23.4 Å². The molecule has 100 valence electrons. The highest BCUT2D eigenvalue weighted by Gasteiger charge is 2.25. The molecule has 0 aliphatic carbocycles. The van der Waals surface area contributed by atoms with E-state index in [2.05, 4.69) is 12.1 Å². The third-order valence-corrected chi connectivity index (χ3v) is 4.50. The molecular weight excluding hydrogens is 276 g/mol. The predicted molar refractivity (Wildman–Crippen MR) is 73.1 cm³/mol. The molecule has 18 heavy (non-hydrogen) atoms. The molecule has 0 radical (unpaired) electrons. The minimum Gasteiger partial charge on any atom is -0.296 e. The molecule has 1 nitrogen and oxygen atoms in total. The third kappa shape index (κ3) is 3.59. The van der Waals surface area contributed by atoms with Gasteiger partial charge in [0.15, 0.2) is 0 Å². The van der Waals surface area contributed by atoms with Crippen LogP contribution in [0.3, 0.4) is 0 Å². The number of nitrogens with zero attached hydrogens (tertiary/aromatic N) is 1. The first kappa shape index (κ1) is 14.1. The maximum absolute atomic E-state index is 12.5. The maximum Gasteiger partial charge on any atom is 0.251 e. The Bertz CT molecular complexity index is 389. The Morgan fingerprint density at radius 1 is 1.39 bits per heavy atom. The van der Waals surface area contributed by atoms with Crippen LogP contribution in [-0.2, 0) is 0 Å². The van der Waals surface area contributed by atoms with Gasteiger partial charge in [0, 0.05) is 35.5 Å². The highest BCUT2D eigenvalue weighted by Crippen LogP contribution is 2.39. The number of benzene rings is 1. The SMILES string of the molecule is FC(F)CN(CCCl)CC1CSc2ccccc21. The van der Waals surface area contributed by atoms with E-state index in [-0.39, 0.29) is 6.54 Å². The van der Waals surface area contributed by atoms with Crippen LogP contribution >= 0.6 is 23.4 Å². The van der Waals surface area contributed by atoms with Gasteiger partial charge in [0.05, 0.1) is 6.54 Å². The molecule has 1 aromatic rings. The molecule has 0 aromatic heterocycles. The molecule has 0 bridgehead atoms. The predicted octanol–water partition coefficient (Wildman–Crippen LogP) is 3.68. The number of fused-ring (bicyclic) bond motifs is 1. The molecule has 0 spiro atoms. The molecule has 5 heteroatoms. The molecule has 2 rings (SSSR count). The fourth-order valence-corrected chi connectivity index (χ4v) is 3.74. The number of alkyl halides is 3. The van der Waals surface area contributed by atoms with Gasteiger partial charge in [-0.3, -0.25) is 4.90 Å². The standard InChI is InChI=1S/C13H16ClF2NS/c14-5-6-17(8-13(15)16)7-10-9-18-12-4-2-1-3-11(10)12/h1-4,10,13H,5-9H2. The average molecular weight is 292 g/mol. The van der Waals surface area contributed by atoms with Crippen molar-refractivity contribution in [2.75, 3.05) is 31.3 Å². The van der Waals surface area contributed by atoms with Crippen molar-refractivity contribution in [3.05, 3.63) is 29.8 Å². The average Bonchev–Trinajstić information content (AvgIpc) is 2.72. The van der Waals surface area contributed by atoms with Gasteiger partial charge >= 0.3 is 0 Å². The first-order chi connectivity index (χ1) is 8.70. The first-order valence-corrected chi connectivity index (χ1v) is 7.51. The fourth-order valence-electron chi connectivity index (χ4n) is 2.26. The number of rotatable bonds is 6. The molecule has 1 unspecified atom stereocenters. The number of hydrogen-bond acceptors (Lipinski definition) is 2. The molecule has 1 aromatic carbocycles. The molecule has 0 amide bonds. The molecule has 0 saturated carbocycles. The lowest BCUT2D eigenvalue weighted by Crippen LogP contribution is -2.34. The Balaban J connectivity index is 2.00. The van der Waals surface area contributed by atoms with E-state index in [0.29, 0.717) is 24.9 Å². The van der Waals surface area contributed by atoms with E-state index < -0.39 is 6.43 Å². The second kappa shape index (κ2) is 6.73. The molecular formula is C13H16ClF2NS. The van der Waals surface area contributed by atoms with Crippen molar-refractivity contribution < 1.29 is 8.78 Å². The highest BCUT2D eigenvalue weighted by molar-refractivity contribution is 7.99. The summed E-state index contributed by atoms with van der Waals surface area (Å²) in [5, 5.41) is 0. The van der Waals surface area contributed by atoms with Crippen molar-refractivity contribution in [2.45, 2.75) is 17.2 Å². The van der Waals surface area contributed by atoms with Crippen LogP contribution in [0.4, 0.5) is 8.78 Å². The third-order valence-electron chi connectivity index (χ3n) is 3.07. The maximum atomic E-state index is 12.5. The summed E-state index contributed by atoms with van der Waals surface area (Å²) in [5.41, 5.74) is 1.29. The largest absolute Gasteiger partial charge is 0.296 e. The zero-order chi connectivity index (χ0) is 13.0.